The highest BCUT2D eigenvalue weighted by Gasteiger charge is 2.21. The number of hydrogen-bond acceptors (Lipinski definition) is 2. The molecule has 0 fully saturated rings. The second-order valence-electron chi connectivity index (χ2n) is 4.23. The normalized spacial score (nSPS) is 12.6. The molecule has 0 bridgehead atoms. The Morgan fingerprint density at radius 2 is 2.21 bits per heavy atom. The first-order valence-electron chi connectivity index (χ1n) is 6.36. The maximum atomic E-state index is 14.1. The van der Waals surface area contributed by atoms with Gasteiger partial charge >= 0.3 is 0 Å². The Hall–Kier alpha value is -1.20. The number of aryl methyl sites for hydroxylation is 1. The molecule has 0 saturated carbocycles. The molecular formula is C14H17BrFN3. The highest BCUT2D eigenvalue weighted by Crippen LogP contribution is 2.26. The summed E-state index contributed by atoms with van der Waals surface area (Å²) in [4.78, 5) is 4.37. The maximum absolute atomic E-state index is 14.1. The summed E-state index contributed by atoms with van der Waals surface area (Å²) in [5, 5.41) is 3.30. The molecule has 1 atom stereocenters. The Morgan fingerprint density at radius 3 is 2.89 bits per heavy atom. The largest absolute Gasteiger partial charge is 0.334 e. The third kappa shape index (κ3) is 3.04. The lowest BCUT2D eigenvalue weighted by molar-refractivity contribution is 0.522. The van der Waals surface area contributed by atoms with Crippen molar-refractivity contribution in [3.05, 3.63) is 52.3 Å². The highest BCUT2D eigenvalue weighted by molar-refractivity contribution is 9.10. The molecule has 0 aliphatic rings. The van der Waals surface area contributed by atoms with Gasteiger partial charge in [0, 0.05) is 29.0 Å². The van der Waals surface area contributed by atoms with Gasteiger partial charge in [0.15, 0.2) is 0 Å². The van der Waals surface area contributed by atoms with Crippen LogP contribution in [0.4, 0.5) is 4.39 Å². The Bertz CT molecular complexity index is 553. The van der Waals surface area contributed by atoms with Gasteiger partial charge < -0.3 is 9.88 Å². The van der Waals surface area contributed by atoms with Gasteiger partial charge in [-0.15, -0.1) is 0 Å². The van der Waals surface area contributed by atoms with E-state index in [1.807, 2.05) is 24.6 Å². The van der Waals surface area contributed by atoms with Crippen LogP contribution in [0.5, 0.6) is 0 Å². The van der Waals surface area contributed by atoms with E-state index in [4.69, 9.17) is 0 Å². The van der Waals surface area contributed by atoms with Crippen molar-refractivity contribution >= 4 is 15.9 Å². The van der Waals surface area contributed by atoms with E-state index in [1.165, 1.54) is 6.07 Å². The molecule has 1 unspecified atom stereocenters. The molecule has 5 heteroatoms. The molecule has 0 aliphatic carbocycles. The van der Waals surface area contributed by atoms with E-state index in [1.54, 1.807) is 18.3 Å². The molecular weight excluding hydrogens is 309 g/mol. The van der Waals surface area contributed by atoms with Crippen LogP contribution in [0.2, 0.25) is 0 Å². The number of nitrogens with one attached hydrogen (secondary N) is 1. The Morgan fingerprint density at radius 1 is 1.42 bits per heavy atom. The number of halogens is 2. The lowest BCUT2D eigenvalue weighted by atomic mass is 10.1. The second-order valence-corrected chi connectivity index (χ2v) is 5.14. The van der Waals surface area contributed by atoms with Crippen molar-refractivity contribution in [2.45, 2.75) is 26.4 Å². The van der Waals surface area contributed by atoms with E-state index in [2.05, 4.69) is 26.2 Å². The van der Waals surface area contributed by atoms with Crippen molar-refractivity contribution in [3.63, 3.8) is 0 Å². The molecule has 0 saturated heterocycles. The van der Waals surface area contributed by atoms with Crippen molar-refractivity contribution in [2.24, 2.45) is 0 Å². The van der Waals surface area contributed by atoms with Crippen molar-refractivity contribution < 1.29 is 4.39 Å². The van der Waals surface area contributed by atoms with Gasteiger partial charge in [-0.05, 0) is 31.7 Å². The third-order valence-electron chi connectivity index (χ3n) is 3.02. The topological polar surface area (TPSA) is 29.9 Å². The van der Waals surface area contributed by atoms with Gasteiger partial charge in [-0.3, -0.25) is 0 Å². The second kappa shape index (κ2) is 6.30. The molecule has 102 valence electrons. The van der Waals surface area contributed by atoms with E-state index in [9.17, 15) is 4.39 Å². The van der Waals surface area contributed by atoms with E-state index < -0.39 is 0 Å². The van der Waals surface area contributed by atoms with Gasteiger partial charge in [0.05, 0.1) is 6.04 Å². The molecule has 1 aromatic heterocycles. The monoisotopic (exact) mass is 325 g/mol. The SMILES string of the molecule is CCNC(c1cc(Br)ccc1F)c1nccn1CC. The lowest BCUT2D eigenvalue weighted by Gasteiger charge is -2.20. The maximum Gasteiger partial charge on any atom is 0.130 e. The minimum Gasteiger partial charge on any atom is -0.334 e. The average Bonchev–Trinajstić information content (AvgIpc) is 2.87. The van der Waals surface area contributed by atoms with Crippen LogP contribution < -0.4 is 5.32 Å². The summed E-state index contributed by atoms with van der Waals surface area (Å²) in [6.45, 7) is 5.60. The molecule has 19 heavy (non-hydrogen) atoms. The fourth-order valence-corrected chi connectivity index (χ4v) is 2.51. The zero-order valence-electron chi connectivity index (χ0n) is 11.0. The van der Waals surface area contributed by atoms with Crippen LogP contribution in [0, 0.1) is 5.82 Å². The van der Waals surface area contributed by atoms with E-state index >= 15 is 0 Å². The van der Waals surface area contributed by atoms with E-state index in [-0.39, 0.29) is 11.9 Å². The highest BCUT2D eigenvalue weighted by atomic mass is 79.9. The Labute approximate surface area is 121 Å². The van der Waals surface area contributed by atoms with E-state index in [0.717, 1.165) is 23.4 Å². The van der Waals surface area contributed by atoms with Crippen molar-refractivity contribution in [2.75, 3.05) is 6.54 Å². The summed E-state index contributed by atoms with van der Waals surface area (Å²) < 4.78 is 17.0. The summed E-state index contributed by atoms with van der Waals surface area (Å²) in [6, 6.07) is 4.74. The van der Waals surface area contributed by atoms with Crippen LogP contribution >= 0.6 is 15.9 Å². The van der Waals surface area contributed by atoms with Crippen molar-refractivity contribution in [1.29, 1.82) is 0 Å². The summed E-state index contributed by atoms with van der Waals surface area (Å²) in [7, 11) is 0. The quantitative estimate of drug-likeness (QED) is 0.911. The average molecular weight is 326 g/mol. The van der Waals surface area contributed by atoms with Crippen LogP contribution in [0.15, 0.2) is 35.1 Å². The molecule has 0 amide bonds. The molecule has 1 N–H and O–H groups in total. The number of hydrogen-bond donors (Lipinski definition) is 1. The number of rotatable bonds is 5. The van der Waals surface area contributed by atoms with Crippen LogP contribution in [0.1, 0.15) is 31.3 Å². The van der Waals surface area contributed by atoms with Crippen LogP contribution in [-0.2, 0) is 6.54 Å². The van der Waals surface area contributed by atoms with Gasteiger partial charge in [-0.1, -0.05) is 22.9 Å². The molecule has 1 heterocycles. The third-order valence-corrected chi connectivity index (χ3v) is 3.52. The Kier molecular flexibility index (Phi) is 4.71. The fourth-order valence-electron chi connectivity index (χ4n) is 2.13. The number of benzene rings is 1. The first-order chi connectivity index (χ1) is 9.17. The van der Waals surface area contributed by atoms with Gasteiger partial charge in [0.25, 0.3) is 0 Å². The van der Waals surface area contributed by atoms with Crippen molar-refractivity contribution in [1.82, 2.24) is 14.9 Å². The van der Waals surface area contributed by atoms with Gasteiger partial charge in [-0.2, -0.15) is 0 Å². The predicted octanol–water partition coefficient (Wildman–Crippen LogP) is 3.50. The van der Waals surface area contributed by atoms with E-state index in [0.29, 0.717) is 5.56 Å². The molecule has 2 aromatic rings. The lowest BCUT2D eigenvalue weighted by Crippen LogP contribution is -2.26. The molecule has 3 nitrogen and oxygen atoms in total. The molecule has 1 aromatic carbocycles. The number of nitrogens with zero attached hydrogens (tertiary/aromatic N) is 2. The Balaban J connectivity index is 2.48. The molecule has 0 aliphatic heterocycles. The summed E-state index contributed by atoms with van der Waals surface area (Å²) >= 11 is 3.39. The van der Waals surface area contributed by atoms with Crippen LogP contribution in [-0.4, -0.2) is 16.1 Å². The van der Waals surface area contributed by atoms with Gasteiger partial charge in [0.2, 0.25) is 0 Å². The van der Waals surface area contributed by atoms with Gasteiger partial charge in [0.1, 0.15) is 11.6 Å². The predicted molar refractivity (Wildman–Crippen MR) is 77.5 cm³/mol. The smallest absolute Gasteiger partial charge is 0.130 e. The first-order valence-corrected chi connectivity index (χ1v) is 7.16. The summed E-state index contributed by atoms with van der Waals surface area (Å²) in [5.41, 5.74) is 0.608. The zero-order chi connectivity index (χ0) is 13.8. The van der Waals surface area contributed by atoms with Crippen LogP contribution in [0.25, 0.3) is 0 Å². The summed E-state index contributed by atoms with van der Waals surface area (Å²) in [6.07, 6.45) is 3.66. The minimum absolute atomic E-state index is 0.222. The summed E-state index contributed by atoms with van der Waals surface area (Å²) in [5.74, 6) is 0.612. The standard InChI is InChI=1S/C14H17BrFN3/c1-3-17-13(14-18-7-8-19(14)4-2)11-9-10(15)5-6-12(11)16/h5-9,13,17H,3-4H2,1-2H3. The number of imidazole rings is 1. The van der Waals surface area contributed by atoms with Crippen molar-refractivity contribution in [3.8, 4) is 0 Å². The zero-order valence-corrected chi connectivity index (χ0v) is 12.6. The minimum atomic E-state index is -0.238. The molecule has 0 spiro atoms. The molecule has 2 rings (SSSR count). The number of aromatic nitrogens is 2. The van der Waals surface area contributed by atoms with Gasteiger partial charge in [-0.25, -0.2) is 9.37 Å². The molecule has 0 radical (unpaired) electrons. The fraction of sp³-hybridized carbons (Fsp3) is 0.357. The first kappa shape index (κ1) is 14.2. The van der Waals surface area contributed by atoms with Crippen LogP contribution in [0.3, 0.4) is 0 Å².